The van der Waals surface area contributed by atoms with Gasteiger partial charge in [0.1, 0.15) is 11.5 Å². The topological polar surface area (TPSA) is 55.3 Å². The van der Waals surface area contributed by atoms with Crippen LogP contribution in [0.5, 0.6) is 0 Å². The zero-order valence-corrected chi connectivity index (χ0v) is 9.93. The van der Waals surface area contributed by atoms with Crippen molar-refractivity contribution in [1.82, 2.24) is 14.9 Å². The summed E-state index contributed by atoms with van der Waals surface area (Å²) in [5, 5.41) is 0. The summed E-state index contributed by atoms with van der Waals surface area (Å²) in [5.41, 5.74) is 0.437. The van der Waals surface area contributed by atoms with Gasteiger partial charge in [0.2, 0.25) is 0 Å². The van der Waals surface area contributed by atoms with Crippen LogP contribution in [-0.2, 0) is 4.74 Å². The van der Waals surface area contributed by atoms with E-state index in [2.05, 4.69) is 9.97 Å². The van der Waals surface area contributed by atoms with Crippen LogP contribution >= 0.6 is 0 Å². The van der Waals surface area contributed by atoms with Crippen LogP contribution in [0.1, 0.15) is 22.7 Å². The van der Waals surface area contributed by atoms with Crippen LogP contribution in [-0.4, -0.2) is 48.1 Å². The zero-order chi connectivity index (χ0) is 12.0. The highest BCUT2D eigenvalue weighted by Gasteiger charge is 2.12. The number of hydrogen-bond donors (Lipinski definition) is 0. The molecule has 0 atom stereocenters. The van der Waals surface area contributed by atoms with Gasteiger partial charge in [-0.1, -0.05) is 0 Å². The van der Waals surface area contributed by atoms with Crippen LogP contribution < -0.4 is 0 Å². The van der Waals surface area contributed by atoms with Crippen LogP contribution in [0.3, 0.4) is 0 Å². The number of rotatable bonds is 5. The fourth-order valence-corrected chi connectivity index (χ4v) is 1.32. The maximum Gasteiger partial charge on any atom is 0.272 e. The highest BCUT2D eigenvalue weighted by atomic mass is 16.5. The average molecular weight is 223 g/mol. The standard InChI is InChI=1S/C11H17N3O2/c1-9-12-6-5-10(13-9)11(15)14(2)7-4-8-16-3/h5-6H,4,7-8H2,1-3H3. The molecule has 0 bridgehead atoms. The molecule has 0 fully saturated rings. The van der Waals surface area contributed by atoms with Crippen LogP contribution in [0.4, 0.5) is 0 Å². The molecule has 0 saturated carbocycles. The predicted octanol–water partition coefficient (Wildman–Crippen LogP) is 0.894. The van der Waals surface area contributed by atoms with Gasteiger partial charge in [0.25, 0.3) is 5.91 Å². The summed E-state index contributed by atoms with van der Waals surface area (Å²) in [6, 6.07) is 1.63. The summed E-state index contributed by atoms with van der Waals surface area (Å²) in [4.78, 5) is 21.6. The highest BCUT2D eigenvalue weighted by Crippen LogP contribution is 2.00. The van der Waals surface area contributed by atoms with Gasteiger partial charge in [-0.2, -0.15) is 0 Å². The Hall–Kier alpha value is -1.49. The molecule has 0 aliphatic rings. The lowest BCUT2D eigenvalue weighted by Gasteiger charge is -2.16. The van der Waals surface area contributed by atoms with Gasteiger partial charge >= 0.3 is 0 Å². The van der Waals surface area contributed by atoms with Gasteiger partial charge in [0.15, 0.2) is 0 Å². The fourth-order valence-electron chi connectivity index (χ4n) is 1.32. The Morgan fingerprint density at radius 3 is 2.94 bits per heavy atom. The van der Waals surface area contributed by atoms with Crippen molar-refractivity contribution in [1.29, 1.82) is 0 Å². The number of aryl methyl sites for hydroxylation is 1. The van der Waals surface area contributed by atoms with Crippen LogP contribution in [0, 0.1) is 6.92 Å². The average Bonchev–Trinajstić information content (AvgIpc) is 2.28. The van der Waals surface area contributed by atoms with E-state index in [9.17, 15) is 4.79 Å². The molecule has 1 heterocycles. The molecule has 1 aromatic heterocycles. The highest BCUT2D eigenvalue weighted by molar-refractivity contribution is 5.91. The molecular weight excluding hydrogens is 206 g/mol. The Morgan fingerprint density at radius 2 is 2.31 bits per heavy atom. The van der Waals surface area contributed by atoms with Crippen molar-refractivity contribution in [2.24, 2.45) is 0 Å². The Balaban J connectivity index is 2.56. The number of carbonyl (C=O) groups excluding carboxylic acids is 1. The minimum absolute atomic E-state index is 0.0818. The first-order chi connectivity index (χ1) is 7.65. The first-order valence-corrected chi connectivity index (χ1v) is 5.19. The molecule has 0 spiro atoms. The molecule has 0 aliphatic heterocycles. The van der Waals surface area contributed by atoms with Crippen molar-refractivity contribution >= 4 is 5.91 Å². The lowest BCUT2D eigenvalue weighted by atomic mass is 10.3. The maximum atomic E-state index is 11.9. The molecule has 5 nitrogen and oxygen atoms in total. The third kappa shape index (κ3) is 3.58. The molecule has 0 N–H and O–H groups in total. The third-order valence-electron chi connectivity index (χ3n) is 2.18. The summed E-state index contributed by atoms with van der Waals surface area (Å²) in [6.07, 6.45) is 2.42. The van der Waals surface area contributed by atoms with Crippen molar-refractivity contribution < 1.29 is 9.53 Å². The molecule has 0 aromatic carbocycles. The van der Waals surface area contributed by atoms with E-state index in [1.54, 1.807) is 38.2 Å². The molecule has 1 amide bonds. The SMILES string of the molecule is COCCCN(C)C(=O)c1ccnc(C)n1. The predicted molar refractivity (Wildman–Crippen MR) is 60.2 cm³/mol. The van der Waals surface area contributed by atoms with Crippen molar-refractivity contribution in [2.75, 3.05) is 27.3 Å². The van der Waals surface area contributed by atoms with Crippen molar-refractivity contribution in [3.8, 4) is 0 Å². The number of amides is 1. The van der Waals surface area contributed by atoms with Crippen LogP contribution in [0.25, 0.3) is 0 Å². The minimum Gasteiger partial charge on any atom is -0.385 e. The molecule has 16 heavy (non-hydrogen) atoms. The summed E-state index contributed by atoms with van der Waals surface area (Å²) >= 11 is 0. The Bertz CT molecular complexity index is 355. The monoisotopic (exact) mass is 223 g/mol. The number of ether oxygens (including phenoxy) is 1. The van der Waals surface area contributed by atoms with Crippen molar-refractivity contribution in [2.45, 2.75) is 13.3 Å². The van der Waals surface area contributed by atoms with Gasteiger partial charge in [0.05, 0.1) is 0 Å². The molecule has 0 aliphatic carbocycles. The van der Waals surface area contributed by atoms with Gasteiger partial charge in [-0.15, -0.1) is 0 Å². The number of aromatic nitrogens is 2. The van der Waals surface area contributed by atoms with Crippen molar-refractivity contribution in [3.05, 3.63) is 23.8 Å². The van der Waals surface area contributed by atoms with Crippen molar-refractivity contribution in [3.63, 3.8) is 0 Å². The first kappa shape index (κ1) is 12.6. The largest absolute Gasteiger partial charge is 0.385 e. The number of hydrogen-bond acceptors (Lipinski definition) is 4. The molecule has 0 unspecified atom stereocenters. The summed E-state index contributed by atoms with van der Waals surface area (Å²) in [7, 11) is 3.41. The fraction of sp³-hybridized carbons (Fsp3) is 0.545. The lowest BCUT2D eigenvalue weighted by Crippen LogP contribution is -2.29. The molecule has 1 rings (SSSR count). The number of methoxy groups -OCH3 is 1. The molecule has 0 radical (unpaired) electrons. The van der Waals surface area contributed by atoms with E-state index in [4.69, 9.17) is 4.74 Å². The van der Waals surface area contributed by atoms with E-state index in [1.165, 1.54) is 0 Å². The smallest absolute Gasteiger partial charge is 0.272 e. The normalized spacial score (nSPS) is 10.2. The van der Waals surface area contributed by atoms with E-state index in [-0.39, 0.29) is 5.91 Å². The second-order valence-electron chi connectivity index (χ2n) is 3.56. The molecule has 0 saturated heterocycles. The van der Waals surface area contributed by atoms with Gasteiger partial charge in [-0.25, -0.2) is 9.97 Å². The van der Waals surface area contributed by atoms with E-state index < -0.39 is 0 Å². The number of nitrogens with zero attached hydrogens (tertiary/aromatic N) is 3. The Morgan fingerprint density at radius 1 is 1.56 bits per heavy atom. The summed E-state index contributed by atoms with van der Waals surface area (Å²) < 4.78 is 4.93. The summed E-state index contributed by atoms with van der Waals surface area (Å²) in [5.74, 6) is 0.526. The van der Waals surface area contributed by atoms with Gasteiger partial charge in [-0.05, 0) is 19.4 Å². The van der Waals surface area contributed by atoms with E-state index in [0.717, 1.165) is 6.42 Å². The van der Waals surface area contributed by atoms with E-state index in [1.807, 2.05) is 0 Å². The maximum absolute atomic E-state index is 11.9. The second kappa shape index (κ2) is 6.17. The van der Waals surface area contributed by atoms with E-state index >= 15 is 0 Å². The second-order valence-corrected chi connectivity index (χ2v) is 3.56. The molecule has 1 aromatic rings. The number of carbonyl (C=O) groups is 1. The third-order valence-corrected chi connectivity index (χ3v) is 2.18. The molecule has 88 valence electrons. The quantitative estimate of drug-likeness (QED) is 0.696. The van der Waals surface area contributed by atoms with Gasteiger partial charge in [0, 0.05) is 33.5 Å². The zero-order valence-electron chi connectivity index (χ0n) is 9.93. The van der Waals surface area contributed by atoms with E-state index in [0.29, 0.717) is 24.7 Å². The lowest BCUT2D eigenvalue weighted by molar-refractivity contribution is 0.0773. The molecular formula is C11H17N3O2. The summed E-state index contributed by atoms with van der Waals surface area (Å²) in [6.45, 7) is 3.08. The Labute approximate surface area is 95.5 Å². The Kier molecular flexibility index (Phi) is 4.85. The van der Waals surface area contributed by atoms with Crippen LogP contribution in [0.15, 0.2) is 12.3 Å². The van der Waals surface area contributed by atoms with Crippen LogP contribution in [0.2, 0.25) is 0 Å². The van der Waals surface area contributed by atoms with Gasteiger partial charge < -0.3 is 9.64 Å². The van der Waals surface area contributed by atoms with Gasteiger partial charge in [-0.3, -0.25) is 4.79 Å². The molecule has 5 heteroatoms. The minimum atomic E-state index is -0.0818. The first-order valence-electron chi connectivity index (χ1n) is 5.19.